The Balaban J connectivity index is 1.65. The van der Waals surface area contributed by atoms with Gasteiger partial charge in [0.2, 0.25) is 0 Å². The molecule has 0 aliphatic carbocycles. The zero-order valence-electron chi connectivity index (χ0n) is 17.5. The number of carbonyl (C=O) groups is 2. The van der Waals surface area contributed by atoms with Gasteiger partial charge < -0.3 is 14.8 Å². The van der Waals surface area contributed by atoms with Gasteiger partial charge in [-0.1, -0.05) is 25.2 Å². The molecule has 2 aliphatic heterocycles. The van der Waals surface area contributed by atoms with Crippen LogP contribution in [0.1, 0.15) is 37.7 Å². The molecule has 0 saturated carbocycles. The highest BCUT2D eigenvalue weighted by molar-refractivity contribution is 7.93. The van der Waals surface area contributed by atoms with Crippen LogP contribution in [0.5, 0.6) is 0 Å². The molecule has 8 nitrogen and oxygen atoms in total. The van der Waals surface area contributed by atoms with Crippen LogP contribution in [0.25, 0.3) is 0 Å². The minimum Gasteiger partial charge on any atom is -0.451 e. The van der Waals surface area contributed by atoms with E-state index in [-0.39, 0.29) is 23.5 Å². The number of ether oxygens (including phenoxy) is 2. The van der Waals surface area contributed by atoms with Crippen LogP contribution in [-0.4, -0.2) is 59.2 Å². The minimum absolute atomic E-state index is 0.131. The number of benzene rings is 1. The average molecular weight is 472 g/mol. The van der Waals surface area contributed by atoms with Gasteiger partial charge >= 0.3 is 12.2 Å². The Kier molecular flexibility index (Phi) is 7.47. The number of nitrogens with one attached hydrogen (secondary N) is 1. The summed E-state index contributed by atoms with van der Waals surface area (Å²) in [6.45, 7) is 2.65. The maximum atomic E-state index is 14.9. The summed E-state index contributed by atoms with van der Waals surface area (Å²) in [6.07, 6.45) is -0.132. The quantitative estimate of drug-likeness (QED) is 0.656. The maximum absolute atomic E-state index is 14.9. The summed E-state index contributed by atoms with van der Waals surface area (Å²) in [5.74, 6) is -0.141. The van der Waals surface area contributed by atoms with E-state index in [1.165, 1.54) is 18.1 Å². The van der Waals surface area contributed by atoms with Gasteiger partial charge in [0.05, 0.1) is 40.6 Å². The fourth-order valence-electron chi connectivity index (χ4n) is 3.68. The number of carbonyl (C=O) groups excluding carboxylic acids is 2. The van der Waals surface area contributed by atoms with Crippen molar-refractivity contribution in [1.82, 2.24) is 5.32 Å². The van der Waals surface area contributed by atoms with Crippen LogP contribution in [0.3, 0.4) is 0 Å². The highest BCUT2D eigenvalue weighted by atomic mass is 32.2. The third-order valence-corrected chi connectivity index (χ3v) is 8.11. The zero-order chi connectivity index (χ0) is 22.6. The number of nitrogens with zero attached hydrogens (tertiary/aromatic N) is 2. The summed E-state index contributed by atoms with van der Waals surface area (Å²) in [5.41, 5.74) is 0.925. The summed E-state index contributed by atoms with van der Waals surface area (Å²) in [6, 6.07) is 4.68. The second kappa shape index (κ2) is 9.90. The van der Waals surface area contributed by atoms with E-state index in [0.717, 1.165) is 0 Å². The van der Waals surface area contributed by atoms with Crippen molar-refractivity contribution in [3.63, 3.8) is 0 Å². The third kappa shape index (κ3) is 5.70. The Bertz CT molecular complexity index is 979. The first-order valence-corrected chi connectivity index (χ1v) is 12.4. The molecule has 2 fully saturated rings. The van der Waals surface area contributed by atoms with E-state index in [0.29, 0.717) is 48.6 Å². The molecule has 1 aromatic rings. The average Bonchev–Trinajstić information content (AvgIpc) is 3.13. The molecule has 1 N–H and O–H groups in total. The van der Waals surface area contributed by atoms with Crippen LogP contribution in [0.15, 0.2) is 22.6 Å². The Morgan fingerprint density at radius 2 is 2.13 bits per heavy atom. The first kappa shape index (κ1) is 23.4. The molecule has 0 aromatic heterocycles. The van der Waals surface area contributed by atoms with Crippen molar-refractivity contribution in [2.45, 2.75) is 38.2 Å². The van der Waals surface area contributed by atoms with Gasteiger partial charge in [0.1, 0.15) is 11.9 Å². The monoisotopic (exact) mass is 471 g/mol. The van der Waals surface area contributed by atoms with E-state index in [2.05, 4.69) is 14.4 Å². The van der Waals surface area contributed by atoms with Gasteiger partial charge in [-0.3, -0.25) is 4.90 Å². The molecule has 2 heterocycles. The van der Waals surface area contributed by atoms with Gasteiger partial charge in [-0.25, -0.2) is 18.2 Å². The Labute approximate surface area is 186 Å². The number of hydrogen-bond acceptors (Lipinski definition) is 6. The molecular formula is C20H26FN3O5S2. The SMILES string of the molecule is CCC(=S)NC[C@H]1CN(c2ccc(C3CCS(=O)(=NC(=O)OC)CC3)c(F)c2)C(=O)O1. The third-order valence-electron chi connectivity index (χ3n) is 5.44. The molecule has 2 aliphatic rings. The van der Waals surface area contributed by atoms with Crippen molar-refractivity contribution >= 4 is 44.8 Å². The van der Waals surface area contributed by atoms with Crippen LogP contribution in [0.2, 0.25) is 0 Å². The topological polar surface area (TPSA) is 97.3 Å². The summed E-state index contributed by atoms with van der Waals surface area (Å²) in [5, 5.41) is 3.05. The van der Waals surface area contributed by atoms with Crippen molar-refractivity contribution in [1.29, 1.82) is 0 Å². The van der Waals surface area contributed by atoms with Crippen molar-refractivity contribution in [3.8, 4) is 0 Å². The molecule has 170 valence electrons. The molecule has 31 heavy (non-hydrogen) atoms. The molecule has 3 rings (SSSR count). The van der Waals surface area contributed by atoms with Crippen molar-refractivity contribution in [2.24, 2.45) is 4.36 Å². The van der Waals surface area contributed by atoms with E-state index in [9.17, 15) is 18.2 Å². The van der Waals surface area contributed by atoms with E-state index in [1.54, 1.807) is 12.1 Å². The Morgan fingerprint density at radius 3 is 2.74 bits per heavy atom. The van der Waals surface area contributed by atoms with Gasteiger partial charge in [-0.15, -0.1) is 4.36 Å². The predicted octanol–water partition coefficient (Wildman–Crippen LogP) is 3.59. The van der Waals surface area contributed by atoms with E-state index < -0.39 is 27.7 Å². The summed E-state index contributed by atoms with van der Waals surface area (Å²) >= 11 is 5.11. The zero-order valence-corrected chi connectivity index (χ0v) is 19.1. The van der Waals surface area contributed by atoms with E-state index >= 15 is 0 Å². The number of anilines is 1. The molecule has 1 atom stereocenters. The normalized spacial score (nSPS) is 25.6. The van der Waals surface area contributed by atoms with Crippen LogP contribution in [-0.2, 0) is 19.2 Å². The fourth-order valence-corrected chi connectivity index (χ4v) is 5.80. The number of halogens is 1. The minimum atomic E-state index is -2.66. The van der Waals surface area contributed by atoms with Crippen molar-refractivity contribution in [3.05, 3.63) is 29.6 Å². The van der Waals surface area contributed by atoms with Gasteiger partial charge in [0.25, 0.3) is 0 Å². The number of methoxy groups -OCH3 is 1. The molecular weight excluding hydrogens is 445 g/mol. The Hall–Kier alpha value is -2.27. The van der Waals surface area contributed by atoms with Crippen molar-refractivity contribution < 1.29 is 27.7 Å². The highest BCUT2D eigenvalue weighted by Gasteiger charge is 2.33. The van der Waals surface area contributed by atoms with E-state index in [1.807, 2.05) is 6.92 Å². The molecule has 11 heteroatoms. The lowest BCUT2D eigenvalue weighted by Crippen LogP contribution is -2.33. The van der Waals surface area contributed by atoms with Crippen molar-refractivity contribution in [2.75, 3.05) is 36.6 Å². The number of cyclic esters (lactones) is 1. The Morgan fingerprint density at radius 1 is 1.42 bits per heavy atom. The highest BCUT2D eigenvalue weighted by Crippen LogP contribution is 2.34. The largest absolute Gasteiger partial charge is 0.451 e. The van der Waals surface area contributed by atoms with Gasteiger partial charge in [0.15, 0.2) is 0 Å². The molecule has 2 saturated heterocycles. The van der Waals surface area contributed by atoms with Crippen LogP contribution in [0.4, 0.5) is 19.7 Å². The molecule has 0 spiro atoms. The van der Waals surface area contributed by atoms with Gasteiger partial charge in [-0.2, -0.15) is 0 Å². The molecule has 0 radical (unpaired) electrons. The fraction of sp³-hybridized carbons (Fsp3) is 0.550. The number of amides is 2. The first-order valence-electron chi connectivity index (χ1n) is 10.1. The molecule has 0 unspecified atom stereocenters. The van der Waals surface area contributed by atoms with Crippen LogP contribution in [0, 0.1) is 5.82 Å². The van der Waals surface area contributed by atoms with E-state index in [4.69, 9.17) is 17.0 Å². The number of thiocarbonyl (C=S) groups is 1. The summed E-state index contributed by atoms with van der Waals surface area (Å²) in [7, 11) is -1.47. The maximum Gasteiger partial charge on any atom is 0.441 e. The standard InChI is InChI=1S/C20H26FN3O5S2/c1-3-18(30)22-11-15-12-24(20(26)29-15)14-4-5-16(17(21)10-14)13-6-8-31(27,9-7-13)23-19(25)28-2/h4-5,10,13,15H,3,6-9,11-12H2,1-2H3,(H,22,30)/t13?,15-,31?/m0/s1. The van der Waals surface area contributed by atoms with Gasteiger partial charge in [-0.05, 0) is 42.9 Å². The molecule has 2 amide bonds. The summed E-state index contributed by atoms with van der Waals surface area (Å²) in [4.78, 5) is 25.6. The molecule has 1 aromatic carbocycles. The molecule has 0 bridgehead atoms. The number of rotatable bonds is 5. The lowest BCUT2D eigenvalue weighted by Gasteiger charge is -2.25. The number of hydrogen-bond donors (Lipinski definition) is 1. The summed E-state index contributed by atoms with van der Waals surface area (Å²) < 4.78 is 41.0. The lowest BCUT2D eigenvalue weighted by molar-refractivity contribution is 0.143. The second-order valence-electron chi connectivity index (χ2n) is 7.50. The van der Waals surface area contributed by atoms with Gasteiger partial charge in [0, 0.05) is 11.5 Å². The van der Waals surface area contributed by atoms with Crippen LogP contribution < -0.4 is 10.2 Å². The second-order valence-corrected chi connectivity index (χ2v) is 10.5. The predicted molar refractivity (Wildman–Crippen MR) is 120 cm³/mol. The lowest BCUT2D eigenvalue weighted by atomic mass is 9.93. The van der Waals surface area contributed by atoms with Crippen LogP contribution >= 0.6 is 12.2 Å². The first-order chi connectivity index (χ1) is 14.7. The smallest absolute Gasteiger partial charge is 0.441 e.